The van der Waals surface area contributed by atoms with Gasteiger partial charge in [0.05, 0.1) is 6.04 Å². The number of rotatable bonds is 13. The van der Waals surface area contributed by atoms with Gasteiger partial charge in [0.1, 0.15) is 18.1 Å². The Hall–Kier alpha value is -2.54. The minimum Gasteiger partial charge on any atom is -0.480 e. The molecule has 4 atom stereocenters. The van der Waals surface area contributed by atoms with Crippen LogP contribution in [-0.4, -0.2) is 71.2 Å². The first-order valence-corrected chi connectivity index (χ1v) is 10.1. The number of carboxylic acid groups (broad SMARTS) is 1. The number of carbonyl (C=O) groups excluding carboxylic acids is 3. The minimum absolute atomic E-state index is 0.0315. The third-order valence-electron chi connectivity index (χ3n) is 4.10. The molecule has 3 amide bonds. The molecule has 4 unspecified atom stereocenters. The highest BCUT2D eigenvalue weighted by Gasteiger charge is 2.30. The molecule has 0 rings (SSSR count). The second-order valence-electron chi connectivity index (χ2n) is 7.10. The third kappa shape index (κ3) is 10.3. The summed E-state index contributed by atoms with van der Waals surface area (Å²) in [4.78, 5) is 51.8. The fourth-order valence-electron chi connectivity index (χ4n) is 2.28. The summed E-state index contributed by atoms with van der Waals surface area (Å²) in [7, 11) is 0. The SMILES string of the molecule is CC(NC(=O)C(NC(=O)C(CS)NC(=O)C(N)CCCN=C(N)N)C(C)C)C(=O)O. The van der Waals surface area contributed by atoms with E-state index >= 15 is 0 Å². The Morgan fingerprint density at radius 2 is 1.60 bits per heavy atom. The van der Waals surface area contributed by atoms with Crippen LogP contribution in [0.1, 0.15) is 33.6 Å². The van der Waals surface area contributed by atoms with E-state index < -0.39 is 47.9 Å². The number of nitrogens with one attached hydrogen (secondary N) is 3. The van der Waals surface area contributed by atoms with Crippen LogP contribution in [-0.2, 0) is 19.2 Å². The number of aliphatic imine (C=N–C) groups is 1. The molecule has 0 aromatic carbocycles. The first-order valence-electron chi connectivity index (χ1n) is 9.46. The van der Waals surface area contributed by atoms with E-state index in [1.165, 1.54) is 6.92 Å². The fraction of sp³-hybridized carbons (Fsp3) is 0.706. The van der Waals surface area contributed by atoms with E-state index in [1.807, 2.05) is 0 Å². The molecule has 0 spiro atoms. The largest absolute Gasteiger partial charge is 0.480 e. The van der Waals surface area contributed by atoms with Gasteiger partial charge in [0.15, 0.2) is 5.96 Å². The van der Waals surface area contributed by atoms with E-state index in [0.29, 0.717) is 19.4 Å². The van der Waals surface area contributed by atoms with Gasteiger partial charge in [-0.3, -0.25) is 24.2 Å². The van der Waals surface area contributed by atoms with Crippen LogP contribution in [0.25, 0.3) is 0 Å². The van der Waals surface area contributed by atoms with Crippen LogP contribution in [0.15, 0.2) is 4.99 Å². The average Bonchev–Trinajstić information content (AvgIpc) is 2.65. The summed E-state index contributed by atoms with van der Waals surface area (Å²) < 4.78 is 0. The number of hydrogen-bond donors (Lipinski definition) is 8. The van der Waals surface area contributed by atoms with Crippen molar-refractivity contribution in [1.82, 2.24) is 16.0 Å². The lowest BCUT2D eigenvalue weighted by Gasteiger charge is -2.26. The molecular formula is C17H33N7O5S. The molecule has 0 aliphatic heterocycles. The van der Waals surface area contributed by atoms with E-state index in [-0.39, 0.29) is 17.6 Å². The lowest BCUT2D eigenvalue weighted by atomic mass is 10.0. The first-order chi connectivity index (χ1) is 13.9. The van der Waals surface area contributed by atoms with Gasteiger partial charge in [-0.2, -0.15) is 12.6 Å². The maximum absolute atomic E-state index is 12.5. The summed E-state index contributed by atoms with van der Waals surface area (Å²) in [5.74, 6) is -3.46. The molecule has 0 saturated heterocycles. The molecule has 0 aromatic heterocycles. The molecule has 172 valence electrons. The summed E-state index contributed by atoms with van der Waals surface area (Å²) in [6.45, 7) is 5.01. The lowest BCUT2D eigenvalue weighted by molar-refractivity contribution is -0.142. The van der Waals surface area contributed by atoms with Crippen molar-refractivity contribution >= 4 is 42.3 Å². The number of amides is 3. The maximum atomic E-state index is 12.5. The summed E-state index contributed by atoms with van der Waals surface area (Å²) in [5, 5.41) is 16.3. The zero-order valence-electron chi connectivity index (χ0n) is 17.4. The molecule has 13 heteroatoms. The Morgan fingerprint density at radius 3 is 2.07 bits per heavy atom. The number of thiol groups is 1. The average molecular weight is 448 g/mol. The van der Waals surface area contributed by atoms with Crippen LogP contribution in [0.5, 0.6) is 0 Å². The van der Waals surface area contributed by atoms with Gasteiger partial charge in [-0.1, -0.05) is 13.8 Å². The smallest absolute Gasteiger partial charge is 0.325 e. The van der Waals surface area contributed by atoms with Crippen LogP contribution in [0.4, 0.5) is 0 Å². The molecule has 0 bridgehead atoms. The predicted octanol–water partition coefficient (Wildman–Crippen LogP) is -2.49. The van der Waals surface area contributed by atoms with Crippen molar-refractivity contribution < 1.29 is 24.3 Å². The molecule has 0 aliphatic rings. The molecule has 0 radical (unpaired) electrons. The third-order valence-corrected chi connectivity index (χ3v) is 4.46. The van der Waals surface area contributed by atoms with Crippen molar-refractivity contribution in [3.05, 3.63) is 0 Å². The van der Waals surface area contributed by atoms with E-state index in [4.69, 9.17) is 22.3 Å². The standard InChI is InChI=1S/C17H33N7O5S/c1-8(2)12(15(27)22-9(3)16(28)29)24-14(26)11(7-30)23-13(25)10(18)5-4-6-21-17(19)20/h8-12,30H,4-7,18H2,1-3H3,(H,22,27)(H,23,25)(H,24,26)(H,28,29)(H4,19,20,21). The second-order valence-corrected chi connectivity index (χ2v) is 7.46. The molecule has 0 aromatic rings. The van der Waals surface area contributed by atoms with E-state index in [1.54, 1.807) is 13.8 Å². The van der Waals surface area contributed by atoms with Gasteiger partial charge < -0.3 is 38.3 Å². The maximum Gasteiger partial charge on any atom is 0.325 e. The number of hydrogen-bond acceptors (Lipinski definition) is 7. The molecule has 0 fully saturated rings. The molecule has 0 saturated carbocycles. The Kier molecular flexibility index (Phi) is 12.5. The number of aliphatic carboxylic acids is 1. The zero-order valence-corrected chi connectivity index (χ0v) is 18.3. The molecule has 30 heavy (non-hydrogen) atoms. The molecule has 0 aliphatic carbocycles. The van der Waals surface area contributed by atoms with Gasteiger partial charge in [0.2, 0.25) is 17.7 Å². The van der Waals surface area contributed by atoms with Crippen LogP contribution >= 0.6 is 12.6 Å². The number of carbonyl (C=O) groups is 4. The van der Waals surface area contributed by atoms with Gasteiger partial charge in [0, 0.05) is 12.3 Å². The quantitative estimate of drug-likeness (QED) is 0.0652. The lowest BCUT2D eigenvalue weighted by Crippen LogP contribution is -2.58. The first kappa shape index (κ1) is 27.5. The van der Waals surface area contributed by atoms with Crippen molar-refractivity contribution in [3.63, 3.8) is 0 Å². The van der Waals surface area contributed by atoms with Gasteiger partial charge in [0.25, 0.3) is 0 Å². The van der Waals surface area contributed by atoms with E-state index in [9.17, 15) is 19.2 Å². The molecule has 0 heterocycles. The second kappa shape index (κ2) is 13.6. The highest BCUT2D eigenvalue weighted by molar-refractivity contribution is 7.80. The highest BCUT2D eigenvalue weighted by atomic mass is 32.1. The van der Waals surface area contributed by atoms with E-state index in [0.717, 1.165) is 0 Å². The van der Waals surface area contributed by atoms with Crippen LogP contribution in [0, 0.1) is 5.92 Å². The van der Waals surface area contributed by atoms with Crippen LogP contribution in [0.2, 0.25) is 0 Å². The summed E-state index contributed by atoms with van der Waals surface area (Å²) in [5.41, 5.74) is 16.3. The predicted molar refractivity (Wildman–Crippen MR) is 116 cm³/mol. The van der Waals surface area contributed by atoms with Gasteiger partial charge in [-0.25, -0.2) is 0 Å². The van der Waals surface area contributed by atoms with Crippen molar-refractivity contribution in [2.75, 3.05) is 12.3 Å². The highest BCUT2D eigenvalue weighted by Crippen LogP contribution is 2.04. The van der Waals surface area contributed by atoms with Gasteiger partial charge >= 0.3 is 5.97 Å². The van der Waals surface area contributed by atoms with Crippen LogP contribution in [0.3, 0.4) is 0 Å². The van der Waals surface area contributed by atoms with Crippen LogP contribution < -0.4 is 33.2 Å². The summed E-state index contributed by atoms with van der Waals surface area (Å²) in [6, 6.07) is -4.02. The number of nitrogens with zero attached hydrogens (tertiary/aromatic N) is 1. The monoisotopic (exact) mass is 447 g/mol. The Balaban J connectivity index is 4.88. The Morgan fingerprint density at radius 1 is 1.00 bits per heavy atom. The molecular weight excluding hydrogens is 414 g/mol. The normalized spacial score (nSPS) is 14.7. The number of guanidine groups is 1. The Bertz CT molecular complexity index is 640. The van der Waals surface area contributed by atoms with Crippen molar-refractivity contribution in [2.45, 2.75) is 57.8 Å². The van der Waals surface area contributed by atoms with E-state index in [2.05, 4.69) is 33.6 Å². The number of carboxylic acids is 1. The van der Waals surface area contributed by atoms with Gasteiger partial charge in [-0.05, 0) is 25.7 Å². The summed E-state index contributed by atoms with van der Waals surface area (Å²) >= 11 is 4.07. The summed E-state index contributed by atoms with van der Waals surface area (Å²) in [6.07, 6.45) is 0.773. The topological polar surface area (TPSA) is 215 Å². The number of nitrogens with two attached hydrogens (primary N) is 3. The van der Waals surface area contributed by atoms with Crippen molar-refractivity contribution in [1.29, 1.82) is 0 Å². The minimum atomic E-state index is -1.20. The van der Waals surface area contributed by atoms with Gasteiger partial charge in [-0.15, -0.1) is 0 Å². The van der Waals surface area contributed by atoms with Crippen molar-refractivity contribution in [3.8, 4) is 0 Å². The fourth-order valence-corrected chi connectivity index (χ4v) is 2.53. The Labute approximate surface area is 181 Å². The molecule has 12 nitrogen and oxygen atoms in total. The zero-order chi connectivity index (χ0) is 23.4. The molecule has 10 N–H and O–H groups in total. The van der Waals surface area contributed by atoms with Crippen molar-refractivity contribution in [2.24, 2.45) is 28.1 Å².